The van der Waals surface area contributed by atoms with Crippen LogP contribution in [0.25, 0.3) is 21.9 Å². The number of nitrogen functional groups attached to an aromatic ring is 1. The van der Waals surface area contributed by atoms with E-state index in [1.54, 1.807) is 6.20 Å². The molecule has 7 rings (SSSR count). The van der Waals surface area contributed by atoms with Crippen molar-refractivity contribution in [2.75, 3.05) is 65.1 Å². The van der Waals surface area contributed by atoms with Crippen molar-refractivity contribution in [2.45, 2.75) is 57.5 Å². The van der Waals surface area contributed by atoms with Crippen molar-refractivity contribution >= 4 is 51.0 Å². The van der Waals surface area contributed by atoms with Gasteiger partial charge in [0.05, 0.1) is 39.4 Å². The number of carbonyl (C=O) groups excluding carboxylic acids is 2. The maximum atomic E-state index is 14.2. The number of pyridine rings is 1. The van der Waals surface area contributed by atoms with E-state index < -0.39 is 5.92 Å². The van der Waals surface area contributed by atoms with Gasteiger partial charge in [-0.15, -0.1) is 0 Å². The predicted octanol–water partition coefficient (Wildman–Crippen LogP) is 4.07. The number of benzene rings is 2. The van der Waals surface area contributed by atoms with Gasteiger partial charge in [0.2, 0.25) is 11.8 Å². The summed E-state index contributed by atoms with van der Waals surface area (Å²) in [6.45, 7) is 8.67. The van der Waals surface area contributed by atoms with Gasteiger partial charge in [-0.2, -0.15) is 0 Å². The van der Waals surface area contributed by atoms with E-state index in [-0.39, 0.29) is 30.0 Å². The molecule has 3 aliphatic rings. The number of piperidine rings is 2. The van der Waals surface area contributed by atoms with Crippen LogP contribution in [0.15, 0.2) is 47.4 Å². The van der Waals surface area contributed by atoms with E-state index in [9.17, 15) is 14.4 Å². The summed E-state index contributed by atoms with van der Waals surface area (Å²) >= 11 is 6.46. The fraction of sp³-hybridized carbons (Fsp3) is 0.514. The van der Waals surface area contributed by atoms with Crippen LogP contribution in [0, 0.1) is 12.8 Å². The highest BCUT2D eigenvalue weighted by Crippen LogP contribution is 2.31. The zero-order valence-electron chi connectivity index (χ0n) is 28.5. The molecule has 3 fully saturated rings. The highest BCUT2D eigenvalue weighted by atomic mass is 35.5. The van der Waals surface area contributed by atoms with E-state index in [0.29, 0.717) is 62.2 Å². The lowest BCUT2D eigenvalue weighted by Crippen LogP contribution is -2.53. The SMILES string of the molecule is Cc1cc(C[C@@H](CC(=O)N2CCC(n3c(=O)[nH]c4c5ccccc5ncc43)CC2)C(=O)N2CCC(N3CCN(C)CC3)CC2)cc(Cl)c1N. The molecule has 49 heavy (non-hydrogen) atoms. The molecule has 0 unspecified atom stereocenters. The number of nitrogens with zero attached hydrogens (tertiary/aromatic N) is 6. The number of likely N-dealkylation sites (tertiary alicyclic amines) is 2. The molecule has 0 aliphatic carbocycles. The second-order valence-corrected chi connectivity index (χ2v) is 14.7. The van der Waals surface area contributed by atoms with Crippen molar-refractivity contribution in [1.29, 1.82) is 0 Å². The number of amides is 2. The molecule has 0 radical (unpaired) electrons. The minimum absolute atomic E-state index is 0.0266. The summed E-state index contributed by atoms with van der Waals surface area (Å²) in [6, 6.07) is 12.0. The van der Waals surface area contributed by atoms with Crippen molar-refractivity contribution < 1.29 is 9.59 Å². The minimum Gasteiger partial charge on any atom is -0.397 e. The molecule has 4 aromatic rings. The summed E-state index contributed by atoms with van der Waals surface area (Å²) < 4.78 is 1.81. The van der Waals surface area contributed by atoms with E-state index in [2.05, 4.69) is 26.8 Å². The first-order valence-corrected chi connectivity index (χ1v) is 18.1. The monoisotopic (exact) mass is 686 g/mol. The van der Waals surface area contributed by atoms with Gasteiger partial charge >= 0.3 is 5.69 Å². The molecule has 0 bridgehead atoms. The van der Waals surface area contributed by atoms with Crippen LogP contribution in [0.5, 0.6) is 0 Å². The third-order valence-corrected chi connectivity index (χ3v) is 11.4. The van der Waals surface area contributed by atoms with Crippen LogP contribution in [0.3, 0.4) is 0 Å². The summed E-state index contributed by atoms with van der Waals surface area (Å²) in [5, 5.41) is 1.39. The Labute approximate surface area is 292 Å². The molecule has 3 aliphatic heterocycles. The number of para-hydroxylation sites is 1. The average Bonchev–Trinajstić information content (AvgIpc) is 3.46. The van der Waals surface area contributed by atoms with Crippen LogP contribution in [-0.2, 0) is 16.0 Å². The summed E-state index contributed by atoms with van der Waals surface area (Å²) in [5.41, 5.74) is 10.7. The van der Waals surface area contributed by atoms with Crippen LogP contribution in [0.4, 0.5) is 5.69 Å². The predicted molar refractivity (Wildman–Crippen MR) is 194 cm³/mol. The van der Waals surface area contributed by atoms with Crippen LogP contribution >= 0.6 is 11.6 Å². The number of aromatic amines is 1. The van der Waals surface area contributed by atoms with Crippen molar-refractivity contribution in [3.63, 3.8) is 0 Å². The minimum atomic E-state index is -0.500. The quantitative estimate of drug-likeness (QED) is 0.281. The van der Waals surface area contributed by atoms with E-state index in [1.165, 1.54) is 0 Å². The molecule has 3 N–H and O–H groups in total. The first-order chi connectivity index (χ1) is 23.7. The van der Waals surface area contributed by atoms with E-state index in [1.807, 2.05) is 57.7 Å². The number of rotatable bonds is 7. The van der Waals surface area contributed by atoms with Gasteiger partial charge in [-0.3, -0.25) is 24.0 Å². The van der Waals surface area contributed by atoms with Gasteiger partial charge in [-0.05, 0) is 69.3 Å². The maximum Gasteiger partial charge on any atom is 0.326 e. The number of likely N-dealkylation sites (N-methyl/N-ethyl adjacent to an activating group) is 1. The lowest BCUT2D eigenvalue weighted by Gasteiger charge is -2.42. The number of piperazine rings is 1. The zero-order valence-corrected chi connectivity index (χ0v) is 29.3. The lowest BCUT2D eigenvalue weighted by molar-refractivity contribution is -0.143. The number of hydrogen-bond donors (Lipinski definition) is 2. The number of halogens is 1. The first kappa shape index (κ1) is 33.6. The van der Waals surface area contributed by atoms with E-state index >= 15 is 0 Å². The third kappa shape index (κ3) is 6.93. The molecular weight excluding hydrogens is 640 g/mol. The van der Waals surface area contributed by atoms with Gasteiger partial charge < -0.3 is 25.4 Å². The van der Waals surface area contributed by atoms with Crippen LogP contribution in [-0.4, -0.2) is 111 Å². The van der Waals surface area contributed by atoms with Crippen molar-refractivity contribution in [2.24, 2.45) is 5.92 Å². The normalized spacial score (nSPS) is 19.6. The Bertz CT molecular complexity index is 1880. The number of nitrogens with one attached hydrogen (secondary N) is 1. The van der Waals surface area contributed by atoms with Crippen molar-refractivity contribution in [3.05, 3.63) is 69.2 Å². The number of hydrogen-bond acceptors (Lipinski definition) is 7. The van der Waals surface area contributed by atoms with Gasteiger partial charge in [0.25, 0.3) is 0 Å². The topological polar surface area (TPSA) is 124 Å². The van der Waals surface area contributed by atoms with Crippen molar-refractivity contribution in [1.82, 2.24) is 34.1 Å². The fourth-order valence-corrected chi connectivity index (χ4v) is 8.46. The molecule has 0 spiro atoms. The molecule has 12 heteroatoms. The first-order valence-electron chi connectivity index (χ1n) is 17.7. The molecule has 11 nitrogen and oxygen atoms in total. The van der Waals surface area contributed by atoms with Crippen LogP contribution in [0.2, 0.25) is 5.02 Å². The molecule has 0 saturated carbocycles. The fourth-order valence-electron chi connectivity index (χ4n) is 8.17. The number of H-pyrrole nitrogens is 1. The molecule has 260 valence electrons. The number of nitrogens with two attached hydrogens (primary N) is 1. The Morgan fingerprint density at radius 3 is 2.35 bits per heavy atom. The molecule has 1 atom stereocenters. The highest BCUT2D eigenvalue weighted by Gasteiger charge is 2.34. The van der Waals surface area contributed by atoms with Gasteiger partial charge in [-0.25, -0.2) is 4.79 Å². The molecular formula is C37H47ClN8O3. The number of fused-ring (bicyclic) bond motifs is 3. The second-order valence-electron chi connectivity index (χ2n) is 14.3. The van der Waals surface area contributed by atoms with Gasteiger partial charge in [0.1, 0.15) is 0 Å². The van der Waals surface area contributed by atoms with Gasteiger partial charge in [0, 0.05) is 76.2 Å². The maximum absolute atomic E-state index is 14.2. The molecule has 5 heterocycles. The Balaban J connectivity index is 1.03. The Morgan fingerprint density at radius 2 is 1.63 bits per heavy atom. The molecule has 3 saturated heterocycles. The van der Waals surface area contributed by atoms with Crippen LogP contribution in [0.1, 0.15) is 49.3 Å². The molecule has 2 amide bonds. The average molecular weight is 687 g/mol. The summed E-state index contributed by atoms with van der Waals surface area (Å²) in [4.78, 5) is 57.7. The molecule has 2 aromatic carbocycles. The van der Waals surface area contributed by atoms with E-state index in [4.69, 9.17) is 17.3 Å². The summed E-state index contributed by atoms with van der Waals surface area (Å²) in [6.07, 6.45) is 5.53. The van der Waals surface area contributed by atoms with E-state index in [0.717, 1.165) is 72.1 Å². The number of imidazole rings is 1. The number of carbonyl (C=O) groups is 2. The standard InChI is InChI=1S/C37H47ClN8O3/c1-24-19-25(21-30(38)34(24)39)20-26(36(48)45-13-7-27(8-14-45)43-17-15-42(2)16-18-43)22-33(47)44-11-9-28(10-12-44)46-32-23-40-31-6-4-3-5-29(31)35(32)41-37(46)49/h3-6,19,21,23,26-28H,7-18,20,22,39H2,1-2H3,(H,41,49)/t26-/m0/s1. The Hall–Kier alpha value is -3.93. The highest BCUT2D eigenvalue weighted by molar-refractivity contribution is 6.33. The van der Waals surface area contributed by atoms with Crippen LogP contribution < -0.4 is 11.4 Å². The smallest absolute Gasteiger partial charge is 0.326 e. The zero-order chi connectivity index (χ0) is 34.2. The largest absolute Gasteiger partial charge is 0.397 e. The summed E-state index contributed by atoms with van der Waals surface area (Å²) in [5.74, 6) is -0.489. The Morgan fingerprint density at radius 1 is 0.959 bits per heavy atom. The van der Waals surface area contributed by atoms with Crippen molar-refractivity contribution in [3.8, 4) is 0 Å². The molecule has 2 aromatic heterocycles. The number of aryl methyl sites for hydroxylation is 1. The third-order valence-electron chi connectivity index (χ3n) is 11.1. The number of anilines is 1. The number of aromatic nitrogens is 3. The van der Waals surface area contributed by atoms with Gasteiger partial charge in [0.15, 0.2) is 0 Å². The van der Waals surface area contributed by atoms with Gasteiger partial charge in [-0.1, -0.05) is 35.9 Å². The Kier molecular flexibility index (Phi) is 9.68. The second kappa shape index (κ2) is 14.1. The lowest BCUT2D eigenvalue weighted by atomic mass is 9.91. The summed E-state index contributed by atoms with van der Waals surface area (Å²) in [7, 11) is 2.17.